The zero-order valence-corrected chi connectivity index (χ0v) is 58.0. The second-order valence-corrected chi connectivity index (χ2v) is 26.2. The van der Waals surface area contributed by atoms with Crippen molar-refractivity contribution in [3.63, 3.8) is 0 Å². The highest BCUT2D eigenvalue weighted by Crippen LogP contribution is 2.40. The van der Waals surface area contributed by atoms with Gasteiger partial charge in [0.05, 0.1) is 65.2 Å². The molecule has 0 aliphatic carbocycles. The van der Waals surface area contributed by atoms with Crippen molar-refractivity contribution >= 4 is 30.1 Å². The van der Waals surface area contributed by atoms with Crippen LogP contribution in [0.15, 0.2) is 25.5 Å². The molecule has 2 amide bonds. The van der Waals surface area contributed by atoms with E-state index in [0.29, 0.717) is 0 Å². The van der Waals surface area contributed by atoms with Crippen LogP contribution in [0.5, 0.6) is 0 Å². The molecule has 8 saturated heterocycles. The molecule has 0 aromatic heterocycles. The van der Waals surface area contributed by atoms with E-state index in [9.17, 15) is 112 Å². The number of hydrogen-bond acceptors (Lipinski definition) is 45. The number of rotatable bonds is 32. The van der Waals surface area contributed by atoms with E-state index < -0.39 is 297 Å². The lowest BCUT2D eigenvalue weighted by Gasteiger charge is -2.50. The fraction of sp³-hybridized carbons (Fsp3) is 0.914. The van der Waals surface area contributed by atoms with Crippen LogP contribution in [0.3, 0.4) is 0 Å². The van der Waals surface area contributed by atoms with Gasteiger partial charge in [0.15, 0.2) is 49.9 Å². The largest absolute Gasteiger partial charge is 0.450 e. The minimum Gasteiger partial charge on any atom is -0.450 e. The number of amides is 2. The van der Waals surface area contributed by atoms with E-state index in [4.69, 9.17) is 96.5 Å². The van der Waals surface area contributed by atoms with Crippen molar-refractivity contribution in [2.24, 2.45) is 25.5 Å². The smallest absolute Gasteiger partial charge is 0.227 e. The Balaban J connectivity index is 0.986. The molecule has 9 aliphatic heterocycles. The molecule has 0 unspecified atom stereocenters. The van der Waals surface area contributed by atoms with E-state index in [1.165, 1.54) is 6.92 Å². The van der Waals surface area contributed by atoms with Gasteiger partial charge in [0, 0.05) is 30.6 Å². The lowest BCUT2D eigenvalue weighted by atomic mass is 9.94. The topological polar surface area (TPSA) is 764 Å². The van der Waals surface area contributed by atoms with Crippen molar-refractivity contribution in [2.75, 3.05) is 65.9 Å². The predicted molar refractivity (Wildman–Crippen MR) is 340 cm³/mol. The van der Waals surface area contributed by atoms with Crippen molar-refractivity contribution in [2.45, 2.75) is 266 Å². The number of azide groups is 2. The first-order valence-electron chi connectivity index (χ1n) is 34.2. The van der Waals surface area contributed by atoms with Gasteiger partial charge in [-0.05, 0) is 11.1 Å². The zero-order valence-electron chi connectivity index (χ0n) is 58.0. The Morgan fingerprint density at radius 2 is 0.807 bits per heavy atom. The van der Waals surface area contributed by atoms with Gasteiger partial charge < -0.3 is 198 Å². The van der Waals surface area contributed by atoms with Crippen molar-refractivity contribution in [1.82, 2.24) is 10.6 Å². The molecule has 9 heterocycles. The number of carbonyl (C=O) groups is 2. The number of fused-ring (bicyclic) bond motifs is 1. The third kappa shape index (κ3) is 20.4. The Bertz CT molecular complexity index is 3090. The van der Waals surface area contributed by atoms with Gasteiger partial charge in [-0.3, -0.25) is 9.59 Å². The molecular formula is C58H93N11O40. The van der Waals surface area contributed by atoms with Crippen molar-refractivity contribution < 1.29 is 197 Å². The van der Waals surface area contributed by atoms with E-state index in [-0.39, 0.29) is 32.2 Å². The SMILES string of the molecule is CC(=O)N[C@H]1[C@H](O[C@@H]2[C@@H](OC[C@H]3O[C@@H](O[C@H]4[C@H](O)[C@H]5N=C(C)O[C@H]5O[C@@H]4CO)[C@@H](O)[C@@H](O[C@H]4O[C@H](CO)[C@@H](O)[C@H](O)[C@@H]4O[C@@H]4O[C@H](CO)[C@@H](O[C@@H]5O[C@H](/C=N/OCCN=[N+]=[N-])[C@H](O)[C@H](O)[C@H]5O)[C@H](O)[C@H]4NC(C)=O)[C@@H]3O)O[C@H](CO)[C@@H](O)[C@@H]2O)O[C@H](CO)[C@@H](O[C@@H]2O[C@H](/C=N/OCCN=[N+]=[N-])[C@H](O)[C@H](O)[C@H]2O)[C@@H]1O. The van der Waals surface area contributed by atoms with E-state index in [2.05, 4.69) is 46.0 Å². The third-order valence-electron chi connectivity index (χ3n) is 18.8. The van der Waals surface area contributed by atoms with Gasteiger partial charge >= 0.3 is 0 Å². The first-order valence-corrected chi connectivity index (χ1v) is 34.2. The fourth-order valence-corrected chi connectivity index (χ4v) is 13.2. The number of oxime groups is 2. The van der Waals surface area contributed by atoms with Crippen LogP contribution >= 0.6 is 0 Å². The Morgan fingerprint density at radius 3 is 1.25 bits per heavy atom. The van der Waals surface area contributed by atoms with E-state index >= 15 is 0 Å². The molecule has 9 aliphatic rings. The van der Waals surface area contributed by atoms with Crippen LogP contribution in [0.1, 0.15) is 20.8 Å². The average molecular weight is 1580 g/mol. The van der Waals surface area contributed by atoms with Crippen molar-refractivity contribution in [3.05, 3.63) is 20.9 Å². The summed E-state index contributed by atoms with van der Waals surface area (Å²) in [6.45, 7) is -3.83. The van der Waals surface area contributed by atoms with E-state index in [1.54, 1.807) is 0 Å². The molecule has 51 nitrogen and oxygen atoms in total. The Morgan fingerprint density at radius 1 is 0.422 bits per heavy atom. The molecular weight excluding hydrogens is 1490 g/mol. The Labute approximate surface area is 615 Å². The summed E-state index contributed by atoms with van der Waals surface area (Å²) >= 11 is 0. The van der Waals surface area contributed by atoms with Gasteiger partial charge in [-0.1, -0.05) is 20.5 Å². The fourth-order valence-electron chi connectivity index (χ4n) is 13.2. The number of aliphatic imine (C=N–C) groups is 1. The second-order valence-electron chi connectivity index (χ2n) is 26.2. The number of aliphatic hydroxyl groups excluding tert-OH is 20. The summed E-state index contributed by atoms with van der Waals surface area (Å²) in [7, 11) is 0. The van der Waals surface area contributed by atoms with Crippen LogP contribution in [0.4, 0.5) is 0 Å². The summed E-state index contributed by atoms with van der Waals surface area (Å²) in [5, 5.41) is 244. The number of hydrogen-bond donors (Lipinski definition) is 22. The number of ether oxygens (including phenoxy) is 16. The third-order valence-corrected chi connectivity index (χ3v) is 18.8. The molecule has 0 spiro atoms. The molecule has 0 aromatic rings. The maximum Gasteiger partial charge on any atom is 0.227 e. The number of aliphatic hydroxyl groups is 20. The van der Waals surface area contributed by atoms with Gasteiger partial charge in [-0.15, -0.1) is 0 Å². The summed E-state index contributed by atoms with van der Waals surface area (Å²) < 4.78 is 95.3. The number of carbonyl (C=O) groups excluding carboxylic acids is 2. The molecule has 0 saturated carbocycles. The summed E-state index contributed by atoms with van der Waals surface area (Å²) in [4.78, 5) is 45.1. The Hall–Kier alpha value is -5.43. The molecule has 8 fully saturated rings. The molecule has 0 aromatic carbocycles. The van der Waals surface area contributed by atoms with Crippen LogP contribution in [0, 0.1) is 0 Å². The van der Waals surface area contributed by atoms with Gasteiger partial charge in [0.2, 0.25) is 18.1 Å². The summed E-state index contributed by atoms with van der Waals surface area (Å²) in [6, 6.07) is -5.02. The average Bonchev–Trinajstić information content (AvgIpc) is 1.75. The highest BCUT2D eigenvalue weighted by Gasteiger charge is 2.60. The van der Waals surface area contributed by atoms with Crippen molar-refractivity contribution in [1.29, 1.82) is 0 Å². The monoisotopic (exact) mass is 1580 g/mol. The lowest BCUT2D eigenvalue weighted by molar-refractivity contribution is -0.396. The predicted octanol–water partition coefficient (Wildman–Crippen LogP) is -14.1. The van der Waals surface area contributed by atoms with Crippen molar-refractivity contribution in [3.8, 4) is 0 Å². The standard InChI is InChI=1S/C58H93N11O40/c1-16(75)65-27-35(82)45(104-54-42(89)38(85)30(77)19(96-54)8-63-93-6-4-61-68-59)24(13-73)101-52(27)108-49-40(87)32(79)21(10-70)98-57(49)92-15-26-34(81)48(44(91)56(103-26)106-47-23(12-72)100-51-29(37(47)84)67-18(3)95-51)107-58-50(41(88)33(80)22(11-71)99-58)109-53-28(66-17(2)76)36(83)46(25(14-74)102-53)105-55-43(90)39(86)31(78)20(97-55)9-64-94-7-5-62-69-60/h8-9,19-58,70-74,77-91H,4-7,10-15H2,1-3H3,(H,65,75)(H,66,76)/b63-8+,64-9+/t19-,20-,21-,22-,23-,24-,25-,26-,27-,28-,29-,30+,31+,32-,33-,34-,35-,36-,37-,38+,39+,40+,41+,42-,43-,44+,45-,46-,47-,48+,49+,50+,51+,52+,53+,54+,55+,56+,57+,58-/m1/s1. The second kappa shape index (κ2) is 40.0. The maximum absolute atomic E-state index is 13.0. The first-order chi connectivity index (χ1) is 52.0. The Kier molecular flexibility index (Phi) is 32.2. The number of nitrogens with zero attached hydrogens (tertiary/aromatic N) is 9. The van der Waals surface area contributed by atoms with Gasteiger partial charge in [0.25, 0.3) is 0 Å². The summed E-state index contributed by atoms with van der Waals surface area (Å²) in [5.41, 5.74) is 17.0. The summed E-state index contributed by atoms with van der Waals surface area (Å²) in [5.74, 6) is -1.78. The summed E-state index contributed by atoms with van der Waals surface area (Å²) in [6.07, 6.45) is -72.3. The van der Waals surface area contributed by atoms with E-state index in [0.717, 1.165) is 26.3 Å². The molecule has 109 heavy (non-hydrogen) atoms. The number of nitrogens with one attached hydrogen (secondary N) is 2. The molecule has 22 N–H and O–H groups in total. The van der Waals surface area contributed by atoms with Crippen LogP contribution in [-0.2, 0) is 95.1 Å². The van der Waals surface area contributed by atoms with Gasteiger partial charge in [0.1, 0.15) is 208 Å². The van der Waals surface area contributed by atoms with Crippen LogP contribution in [-0.4, -0.2) is 444 Å². The highest BCUT2D eigenvalue weighted by molar-refractivity contribution is 5.75. The molecule has 0 bridgehead atoms. The van der Waals surface area contributed by atoms with Crippen LogP contribution in [0.25, 0.3) is 20.9 Å². The van der Waals surface area contributed by atoms with Gasteiger partial charge in [-0.25, -0.2) is 4.99 Å². The molecule has 9 rings (SSSR count). The van der Waals surface area contributed by atoms with E-state index in [1.807, 2.05) is 0 Å². The highest BCUT2D eigenvalue weighted by atomic mass is 16.8. The van der Waals surface area contributed by atoms with Gasteiger partial charge in [-0.2, -0.15) is 0 Å². The first kappa shape index (κ1) is 87.5. The quantitative estimate of drug-likeness (QED) is 0.00743. The minimum absolute atomic E-state index is 0.0425. The maximum atomic E-state index is 13.0. The molecule has 51 heteroatoms. The normalized spacial score (nSPS) is 46.0. The molecule has 620 valence electrons. The molecule has 40 atom stereocenters. The molecule has 0 radical (unpaired) electrons. The van der Waals surface area contributed by atoms with Crippen LogP contribution < -0.4 is 10.6 Å². The minimum atomic E-state index is -2.38. The van der Waals surface area contributed by atoms with Crippen LogP contribution in [0.2, 0.25) is 0 Å². The lowest BCUT2D eigenvalue weighted by Crippen LogP contribution is -2.70. The zero-order chi connectivity index (χ0) is 79.4.